The largest absolute Gasteiger partial charge is 0.489 e. The summed E-state index contributed by atoms with van der Waals surface area (Å²) in [6, 6.07) is 5.62. The predicted molar refractivity (Wildman–Crippen MR) is 81.2 cm³/mol. The van der Waals surface area contributed by atoms with Gasteiger partial charge in [0.15, 0.2) is 0 Å². The molecule has 1 unspecified atom stereocenters. The van der Waals surface area contributed by atoms with E-state index in [2.05, 4.69) is 10.6 Å². The van der Waals surface area contributed by atoms with Gasteiger partial charge in [-0.05, 0) is 44.4 Å². The molecule has 2 N–H and O–H groups in total. The summed E-state index contributed by atoms with van der Waals surface area (Å²) in [7, 11) is 0. The van der Waals surface area contributed by atoms with Crippen LogP contribution in [0.5, 0.6) is 5.75 Å². The van der Waals surface area contributed by atoms with Gasteiger partial charge in [0.2, 0.25) is 5.91 Å². The number of amides is 1. The summed E-state index contributed by atoms with van der Waals surface area (Å²) in [4.78, 5) is 12.1. The first kappa shape index (κ1) is 14.1. The van der Waals surface area contributed by atoms with Crippen molar-refractivity contribution < 1.29 is 9.53 Å². The van der Waals surface area contributed by atoms with Crippen molar-refractivity contribution in [3.8, 4) is 5.75 Å². The summed E-state index contributed by atoms with van der Waals surface area (Å²) in [5.41, 5.74) is 1.69. The number of thioether (sulfide) groups is 1. The van der Waals surface area contributed by atoms with Gasteiger partial charge in [0.25, 0.3) is 0 Å². The van der Waals surface area contributed by atoms with E-state index >= 15 is 0 Å². The lowest BCUT2D eigenvalue weighted by atomic mass is 10.1. The molecular weight excluding hydrogens is 260 g/mol. The molecule has 1 amide bonds. The second kappa shape index (κ2) is 6.19. The van der Waals surface area contributed by atoms with Crippen LogP contribution in [0.4, 0.5) is 11.4 Å². The molecule has 0 spiro atoms. The molecule has 1 aromatic rings. The van der Waals surface area contributed by atoms with Crippen molar-refractivity contribution in [2.75, 3.05) is 22.6 Å². The van der Waals surface area contributed by atoms with Gasteiger partial charge in [0.05, 0.1) is 11.8 Å². The van der Waals surface area contributed by atoms with Gasteiger partial charge in [-0.1, -0.05) is 6.07 Å². The number of benzene rings is 1. The standard InChI is InChI=1S/C14H20N2O2S/c1-9(2)18-12-6-4-5-10-13(12)16-14(17)11(15-10)7-8-19-3/h4-6,9,11,15H,7-8H2,1-3H3,(H,16,17). The number of anilines is 2. The topological polar surface area (TPSA) is 50.4 Å². The van der Waals surface area contributed by atoms with Gasteiger partial charge in [-0.15, -0.1) is 0 Å². The number of carbonyl (C=O) groups excluding carboxylic acids is 1. The molecule has 1 aliphatic heterocycles. The van der Waals surface area contributed by atoms with E-state index in [0.717, 1.165) is 29.3 Å². The maximum atomic E-state index is 12.1. The highest BCUT2D eigenvalue weighted by Gasteiger charge is 2.27. The van der Waals surface area contributed by atoms with Gasteiger partial charge in [-0.2, -0.15) is 11.8 Å². The molecule has 1 aromatic carbocycles. The Balaban J connectivity index is 2.19. The molecule has 0 fully saturated rings. The maximum Gasteiger partial charge on any atom is 0.247 e. The minimum absolute atomic E-state index is 0.0151. The van der Waals surface area contributed by atoms with Crippen LogP contribution in [0.1, 0.15) is 20.3 Å². The molecule has 0 aliphatic carbocycles. The highest BCUT2D eigenvalue weighted by atomic mass is 32.2. The molecule has 1 aliphatic rings. The molecule has 19 heavy (non-hydrogen) atoms. The van der Waals surface area contributed by atoms with Crippen LogP contribution in [0.25, 0.3) is 0 Å². The number of hydrogen-bond acceptors (Lipinski definition) is 4. The highest BCUT2D eigenvalue weighted by molar-refractivity contribution is 7.98. The van der Waals surface area contributed by atoms with E-state index in [0.29, 0.717) is 0 Å². The molecule has 0 bridgehead atoms. The van der Waals surface area contributed by atoms with Gasteiger partial charge in [-0.3, -0.25) is 4.79 Å². The number of rotatable bonds is 5. The van der Waals surface area contributed by atoms with Crippen LogP contribution in [0.3, 0.4) is 0 Å². The summed E-state index contributed by atoms with van der Waals surface area (Å²) in [6.07, 6.45) is 2.95. The fraction of sp³-hybridized carbons (Fsp3) is 0.500. The summed E-state index contributed by atoms with van der Waals surface area (Å²) in [5, 5.41) is 6.25. The van der Waals surface area contributed by atoms with Crippen molar-refractivity contribution in [2.24, 2.45) is 0 Å². The van der Waals surface area contributed by atoms with Crippen LogP contribution in [0, 0.1) is 0 Å². The van der Waals surface area contributed by atoms with E-state index in [-0.39, 0.29) is 18.1 Å². The first-order valence-corrected chi connectivity index (χ1v) is 7.87. The number of para-hydroxylation sites is 1. The Kier molecular flexibility index (Phi) is 4.58. The third-order valence-corrected chi connectivity index (χ3v) is 3.54. The predicted octanol–water partition coefficient (Wildman–Crippen LogP) is 2.96. The van der Waals surface area contributed by atoms with E-state index < -0.39 is 0 Å². The number of fused-ring (bicyclic) bond motifs is 1. The molecule has 104 valence electrons. The quantitative estimate of drug-likeness (QED) is 0.870. The molecule has 1 heterocycles. The molecule has 4 nitrogen and oxygen atoms in total. The Hall–Kier alpha value is -1.36. The van der Waals surface area contributed by atoms with Crippen molar-refractivity contribution >= 4 is 29.0 Å². The van der Waals surface area contributed by atoms with Gasteiger partial charge in [0.1, 0.15) is 17.5 Å². The average molecular weight is 280 g/mol. The van der Waals surface area contributed by atoms with Crippen molar-refractivity contribution in [2.45, 2.75) is 32.4 Å². The van der Waals surface area contributed by atoms with Gasteiger partial charge in [-0.25, -0.2) is 0 Å². The second-order valence-electron chi connectivity index (χ2n) is 4.81. The minimum atomic E-state index is -0.158. The fourth-order valence-corrected chi connectivity index (χ4v) is 2.51. The Bertz CT molecular complexity index is 463. The van der Waals surface area contributed by atoms with Crippen molar-refractivity contribution in [3.63, 3.8) is 0 Å². The van der Waals surface area contributed by atoms with E-state index in [9.17, 15) is 4.79 Å². The summed E-state index contributed by atoms with van der Waals surface area (Å²) < 4.78 is 5.72. The highest BCUT2D eigenvalue weighted by Crippen LogP contribution is 2.36. The Morgan fingerprint density at radius 2 is 2.21 bits per heavy atom. The number of nitrogens with one attached hydrogen (secondary N) is 2. The van der Waals surface area contributed by atoms with Crippen molar-refractivity contribution in [3.05, 3.63) is 18.2 Å². The zero-order chi connectivity index (χ0) is 13.8. The normalized spacial score (nSPS) is 17.7. The molecule has 0 saturated heterocycles. The smallest absolute Gasteiger partial charge is 0.247 e. The minimum Gasteiger partial charge on any atom is -0.489 e. The number of ether oxygens (including phenoxy) is 1. The van der Waals surface area contributed by atoms with Gasteiger partial charge >= 0.3 is 0 Å². The fourth-order valence-electron chi connectivity index (χ4n) is 2.04. The van der Waals surface area contributed by atoms with E-state index in [1.54, 1.807) is 11.8 Å². The van der Waals surface area contributed by atoms with Crippen LogP contribution in [0.15, 0.2) is 18.2 Å². The molecular formula is C14H20N2O2S. The van der Waals surface area contributed by atoms with Crippen LogP contribution < -0.4 is 15.4 Å². The third kappa shape index (κ3) is 3.35. The Morgan fingerprint density at radius 1 is 1.42 bits per heavy atom. The number of hydrogen-bond donors (Lipinski definition) is 2. The number of carbonyl (C=O) groups is 1. The lowest BCUT2D eigenvalue weighted by Crippen LogP contribution is -2.39. The molecule has 5 heteroatoms. The molecule has 0 aromatic heterocycles. The summed E-state index contributed by atoms with van der Waals surface area (Å²) in [6.45, 7) is 3.94. The first-order chi connectivity index (χ1) is 9.11. The molecule has 0 saturated carbocycles. The van der Waals surface area contributed by atoms with Crippen LogP contribution in [-0.4, -0.2) is 30.1 Å². The lowest BCUT2D eigenvalue weighted by molar-refractivity contribution is -0.117. The second-order valence-corrected chi connectivity index (χ2v) is 5.80. The summed E-state index contributed by atoms with van der Waals surface area (Å²) >= 11 is 1.75. The van der Waals surface area contributed by atoms with Crippen molar-refractivity contribution in [1.82, 2.24) is 0 Å². The Morgan fingerprint density at radius 3 is 2.89 bits per heavy atom. The SMILES string of the molecule is CSCCC1Nc2cccc(OC(C)C)c2NC1=O. The van der Waals surface area contributed by atoms with Crippen LogP contribution >= 0.6 is 11.8 Å². The molecule has 1 atom stereocenters. The Labute approximate surface area is 118 Å². The zero-order valence-corrected chi connectivity index (χ0v) is 12.3. The third-order valence-electron chi connectivity index (χ3n) is 2.89. The van der Waals surface area contributed by atoms with E-state index in [1.165, 1.54) is 0 Å². The monoisotopic (exact) mass is 280 g/mol. The van der Waals surface area contributed by atoms with E-state index in [1.807, 2.05) is 38.3 Å². The zero-order valence-electron chi connectivity index (χ0n) is 11.5. The first-order valence-electron chi connectivity index (χ1n) is 6.48. The van der Waals surface area contributed by atoms with Gasteiger partial charge < -0.3 is 15.4 Å². The van der Waals surface area contributed by atoms with Crippen molar-refractivity contribution in [1.29, 1.82) is 0 Å². The van der Waals surface area contributed by atoms with Crippen LogP contribution in [0.2, 0.25) is 0 Å². The van der Waals surface area contributed by atoms with E-state index in [4.69, 9.17) is 4.74 Å². The molecule has 0 radical (unpaired) electrons. The average Bonchev–Trinajstić information content (AvgIpc) is 2.36. The summed E-state index contributed by atoms with van der Waals surface area (Å²) in [5.74, 6) is 1.70. The van der Waals surface area contributed by atoms with Crippen LogP contribution in [-0.2, 0) is 4.79 Å². The maximum absolute atomic E-state index is 12.1. The van der Waals surface area contributed by atoms with Gasteiger partial charge in [0, 0.05) is 0 Å². The lowest BCUT2D eigenvalue weighted by Gasteiger charge is -2.28. The molecule has 2 rings (SSSR count).